The van der Waals surface area contributed by atoms with Crippen LogP contribution in [0.15, 0.2) is 34.1 Å². The fraction of sp³-hybridized carbons (Fsp3) is 0.455. The van der Waals surface area contributed by atoms with Crippen LogP contribution in [-0.2, 0) is 29.7 Å². The molecule has 0 aliphatic carbocycles. The summed E-state index contributed by atoms with van der Waals surface area (Å²) in [6.45, 7) is 0. The zero-order chi connectivity index (χ0) is 15.9. The van der Waals surface area contributed by atoms with Gasteiger partial charge in [0.25, 0.3) is 0 Å². The Bertz CT molecular complexity index is 855. The first-order valence-electron chi connectivity index (χ1n) is 6.02. The smallest absolute Gasteiger partial charge is 0.229 e. The molecular formula is C11H15NO6S3. The Kier molecular flexibility index (Phi) is 4.17. The van der Waals surface area contributed by atoms with E-state index in [0.717, 1.165) is 12.3 Å². The number of hydrogen-bond donors (Lipinski definition) is 1. The van der Waals surface area contributed by atoms with Gasteiger partial charge >= 0.3 is 0 Å². The van der Waals surface area contributed by atoms with Gasteiger partial charge in [-0.3, -0.25) is 0 Å². The third-order valence-corrected chi connectivity index (χ3v) is 7.49. The Morgan fingerprint density at radius 2 is 1.76 bits per heavy atom. The van der Waals surface area contributed by atoms with Crippen LogP contribution in [0.1, 0.15) is 6.42 Å². The minimum atomic E-state index is -3.96. The van der Waals surface area contributed by atoms with Crippen molar-refractivity contribution in [3.05, 3.63) is 24.3 Å². The van der Waals surface area contributed by atoms with E-state index in [1.54, 1.807) is 0 Å². The van der Waals surface area contributed by atoms with E-state index in [2.05, 4.69) is 4.72 Å². The summed E-state index contributed by atoms with van der Waals surface area (Å²) >= 11 is 0. The van der Waals surface area contributed by atoms with Crippen molar-refractivity contribution < 1.29 is 25.3 Å². The predicted molar refractivity (Wildman–Crippen MR) is 76.9 cm³/mol. The van der Waals surface area contributed by atoms with E-state index in [1.165, 1.54) is 18.2 Å². The van der Waals surface area contributed by atoms with Crippen LogP contribution >= 0.6 is 0 Å². The van der Waals surface area contributed by atoms with E-state index >= 15 is 0 Å². The lowest BCUT2D eigenvalue weighted by molar-refractivity contribution is 0.562. The van der Waals surface area contributed by atoms with Gasteiger partial charge in [0, 0.05) is 12.3 Å². The second-order valence-electron chi connectivity index (χ2n) is 4.97. The zero-order valence-corrected chi connectivity index (χ0v) is 13.6. The third kappa shape index (κ3) is 4.02. The summed E-state index contributed by atoms with van der Waals surface area (Å²) in [5, 5.41) is 0. The Balaban J connectivity index is 2.29. The summed E-state index contributed by atoms with van der Waals surface area (Å²) in [7, 11) is -10.7. The average molecular weight is 353 g/mol. The van der Waals surface area contributed by atoms with Crippen molar-refractivity contribution in [2.75, 3.05) is 17.8 Å². The Morgan fingerprint density at radius 3 is 2.29 bits per heavy atom. The number of hydrogen-bond acceptors (Lipinski definition) is 6. The summed E-state index contributed by atoms with van der Waals surface area (Å²) in [4.78, 5) is -0.306. The first-order chi connectivity index (χ1) is 9.50. The van der Waals surface area contributed by atoms with Crippen LogP contribution in [0.25, 0.3) is 0 Å². The van der Waals surface area contributed by atoms with Crippen LogP contribution in [0.2, 0.25) is 0 Å². The second kappa shape index (κ2) is 5.34. The van der Waals surface area contributed by atoms with E-state index in [9.17, 15) is 25.3 Å². The maximum atomic E-state index is 12.2. The molecule has 7 nitrogen and oxygen atoms in total. The average Bonchev–Trinajstić information content (AvgIpc) is 2.67. The second-order valence-corrected chi connectivity index (χ2v) is 10.9. The predicted octanol–water partition coefficient (Wildman–Crippen LogP) is -0.444. The first-order valence-corrected chi connectivity index (χ1v) is 11.2. The number of rotatable bonds is 4. The van der Waals surface area contributed by atoms with Gasteiger partial charge in [-0.1, -0.05) is 6.07 Å². The summed E-state index contributed by atoms with van der Waals surface area (Å²) < 4.78 is 72.2. The fourth-order valence-corrected chi connectivity index (χ4v) is 5.88. The first kappa shape index (κ1) is 16.4. The molecule has 1 N–H and O–H groups in total. The van der Waals surface area contributed by atoms with E-state index in [4.69, 9.17) is 0 Å². The summed E-state index contributed by atoms with van der Waals surface area (Å²) in [5.74, 6) is -0.290. The summed E-state index contributed by atoms with van der Waals surface area (Å²) in [6, 6.07) is 4.27. The normalized spacial score (nSPS) is 22.2. The van der Waals surface area contributed by atoms with Crippen molar-refractivity contribution in [3.63, 3.8) is 0 Å². The van der Waals surface area contributed by atoms with Crippen molar-refractivity contribution >= 4 is 29.7 Å². The topological polar surface area (TPSA) is 114 Å². The molecule has 0 spiro atoms. The molecule has 0 unspecified atom stereocenters. The number of sulfonamides is 1. The maximum Gasteiger partial charge on any atom is 0.240 e. The van der Waals surface area contributed by atoms with Crippen LogP contribution in [0.4, 0.5) is 0 Å². The molecule has 2 rings (SSSR count). The number of sulfone groups is 2. The Morgan fingerprint density at radius 1 is 1.14 bits per heavy atom. The minimum absolute atomic E-state index is 0.0520. The van der Waals surface area contributed by atoms with Gasteiger partial charge in [-0.05, 0) is 24.6 Å². The standard InChI is InChI=1S/C11H15NO6S3/c1-19(13,14)10-3-2-4-11(7-10)21(17,18)12-9-5-6-20(15,16)8-9/h2-4,7,9,12H,5-6,8H2,1H3/t9-/m1/s1. The Hall–Kier alpha value is -0.970. The van der Waals surface area contributed by atoms with E-state index in [-0.39, 0.29) is 27.7 Å². The van der Waals surface area contributed by atoms with Crippen molar-refractivity contribution in [1.29, 1.82) is 0 Å². The van der Waals surface area contributed by atoms with Crippen LogP contribution < -0.4 is 4.72 Å². The Labute approximate surface area is 124 Å². The highest BCUT2D eigenvalue weighted by atomic mass is 32.2. The SMILES string of the molecule is CS(=O)(=O)c1cccc(S(=O)(=O)N[C@@H]2CCS(=O)(=O)C2)c1. The van der Waals surface area contributed by atoms with Gasteiger partial charge in [-0.2, -0.15) is 0 Å². The monoisotopic (exact) mass is 353 g/mol. The molecule has 0 aromatic heterocycles. The van der Waals surface area contributed by atoms with Crippen molar-refractivity contribution in [2.24, 2.45) is 0 Å². The number of nitrogens with one attached hydrogen (secondary N) is 1. The van der Waals surface area contributed by atoms with Crippen molar-refractivity contribution in [1.82, 2.24) is 4.72 Å². The lowest BCUT2D eigenvalue weighted by Gasteiger charge is -2.12. The molecule has 0 amide bonds. The molecule has 0 radical (unpaired) electrons. The van der Waals surface area contributed by atoms with E-state index < -0.39 is 35.7 Å². The molecule has 0 saturated carbocycles. The molecule has 1 aliphatic heterocycles. The van der Waals surface area contributed by atoms with Crippen molar-refractivity contribution in [2.45, 2.75) is 22.3 Å². The van der Waals surface area contributed by atoms with Gasteiger partial charge in [0.05, 0.1) is 21.3 Å². The molecule has 10 heteroatoms. The molecule has 1 heterocycles. The zero-order valence-electron chi connectivity index (χ0n) is 11.2. The third-order valence-electron chi connectivity index (χ3n) is 3.10. The molecule has 1 atom stereocenters. The molecule has 1 aromatic rings. The molecule has 21 heavy (non-hydrogen) atoms. The quantitative estimate of drug-likeness (QED) is 0.784. The molecule has 0 bridgehead atoms. The maximum absolute atomic E-state index is 12.2. The van der Waals surface area contributed by atoms with Crippen LogP contribution in [0.3, 0.4) is 0 Å². The molecule has 1 fully saturated rings. The number of benzene rings is 1. The van der Waals surface area contributed by atoms with Gasteiger partial charge in [-0.25, -0.2) is 30.0 Å². The highest BCUT2D eigenvalue weighted by molar-refractivity contribution is 7.92. The van der Waals surface area contributed by atoms with Gasteiger partial charge in [0.15, 0.2) is 19.7 Å². The minimum Gasteiger partial charge on any atom is -0.229 e. The van der Waals surface area contributed by atoms with Crippen LogP contribution in [0.5, 0.6) is 0 Å². The van der Waals surface area contributed by atoms with Gasteiger partial charge in [0.1, 0.15) is 0 Å². The van der Waals surface area contributed by atoms with Crippen LogP contribution in [0, 0.1) is 0 Å². The lowest BCUT2D eigenvalue weighted by Crippen LogP contribution is -2.35. The molecule has 1 saturated heterocycles. The molecular weight excluding hydrogens is 338 g/mol. The van der Waals surface area contributed by atoms with Crippen molar-refractivity contribution in [3.8, 4) is 0 Å². The molecule has 1 aromatic carbocycles. The fourth-order valence-electron chi connectivity index (χ4n) is 2.05. The summed E-state index contributed by atoms with van der Waals surface area (Å²) in [6.07, 6.45) is 1.20. The van der Waals surface area contributed by atoms with E-state index in [1.807, 2.05) is 0 Å². The van der Waals surface area contributed by atoms with E-state index in [0.29, 0.717) is 0 Å². The highest BCUT2D eigenvalue weighted by Crippen LogP contribution is 2.18. The highest BCUT2D eigenvalue weighted by Gasteiger charge is 2.31. The van der Waals surface area contributed by atoms with Gasteiger partial charge in [0.2, 0.25) is 10.0 Å². The lowest BCUT2D eigenvalue weighted by atomic mass is 10.3. The van der Waals surface area contributed by atoms with Crippen LogP contribution in [-0.4, -0.2) is 49.1 Å². The summed E-state index contributed by atoms with van der Waals surface area (Å²) in [5.41, 5.74) is 0. The van der Waals surface area contributed by atoms with Gasteiger partial charge in [-0.15, -0.1) is 0 Å². The van der Waals surface area contributed by atoms with Gasteiger partial charge < -0.3 is 0 Å². The molecule has 1 aliphatic rings. The molecule has 118 valence electrons. The largest absolute Gasteiger partial charge is 0.240 e.